The molecule has 0 radical (unpaired) electrons. The molecule has 0 atom stereocenters. The third kappa shape index (κ3) is 5.74. The third-order valence-corrected chi connectivity index (χ3v) is 5.22. The fourth-order valence-corrected chi connectivity index (χ4v) is 3.56. The molecule has 27 heavy (non-hydrogen) atoms. The molecule has 0 amide bonds. The molecule has 0 saturated carbocycles. The Labute approximate surface area is 162 Å². The summed E-state index contributed by atoms with van der Waals surface area (Å²) in [5.74, 6) is 2.01. The van der Waals surface area contributed by atoms with Crippen molar-refractivity contribution in [3.8, 4) is 0 Å². The van der Waals surface area contributed by atoms with Crippen molar-refractivity contribution in [1.82, 2.24) is 20.2 Å². The number of benzene rings is 1. The van der Waals surface area contributed by atoms with Crippen molar-refractivity contribution in [3.63, 3.8) is 0 Å². The smallest absolute Gasteiger partial charge is 0.191 e. The highest BCUT2D eigenvalue weighted by atomic mass is 15.2. The molecule has 2 N–H and O–H groups in total. The number of aliphatic imine (C=N–C) groups is 1. The number of para-hydroxylation sites is 1. The Bertz CT molecular complexity index is 700. The molecule has 2 aromatic rings. The van der Waals surface area contributed by atoms with Crippen molar-refractivity contribution >= 4 is 11.6 Å². The molecule has 146 valence electrons. The van der Waals surface area contributed by atoms with Crippen LogP contribution in [0, 0.1) is 6.92 Å². The monoisotopic (exact) mass is 368 g/mol. The molecule has 0 spiro atoms. The van der Waals surface area contributed by atoms with Crippen LogP contribution in [-0.2, 0) is 6.54 Å². The molecule has 1 aromatic heterocycles. The topological polar surface area (TPSA) is 57.5 Å². The molecule has 1 aliphatic heterocycles. The largest absolute Gasteiger partial charge is 0.371 e. The standard InChI is InChI=1S/C21H32N6/c1-18-23-13-17-26(18)14-7-6-12-24-21(22-2)25-19-10-15-27(16-11-19)20-8-4-3-5-9-20/h3-5,8-9,13,17,19H,6-7,10-12,14-16H2,1-2H3,(H2,22,24,25). The fraction of sp³-hybridized carbons (Fsp3) is 0.524. The van der Waals surface area contributed by atoms with E-state index in [1.54, 1.807) is 0 Å². The number of guanidine groups is 1. The highest BCUT2D eigenvalue weighted by molar-refractivity contribution is 5.79. The van der Waals surface area contributed by atoms with Gasteiger partial charge >= 0.3 is 0 Å². The van der Waals surface area contributed by atoms with Crippen LogP contribution in [0.25, 0.3) is 0 Å². The number of imidazole rings is 1. The van der Waals surface area contributed by atoms with Crippen molar-refractivity contribution in [2.24, 2.45) is 4.99 Å². The van der Waals surface area contributed by atoms with E-state index in [0.717, 1.165) is 63.6 Å². The zero-order chi connectivity index (χ0) is 18.9. The number of piperidine rings is 1. The van der Waals surface area contributed by atoms with Gasteiger partial charge in [0.25, 0.3) is 0 Å². The summed E-state index contributed by atoms with van der Waals surface area (Å²) in [5, 5.41) is 7.04. The first-order chi connectivity index (χ1) is 13.3. The molecule has 6 heteroatoms. The fourth-order valence-electron chi connectivity index (χ4n) is 3.56. The van der Waals surface area contributed by atoms with Crippen molar-refractivity contribution < 1.29 is 0 Å². The zero-order valence-corrected chi connectivity index (χ0v) is 16.6. The van der Waals surface area contributed by atoms with Crippen LogP contribution >= 0.6 is 0 Å². The van der Waals surface area contributed by atoms with Crippen LogP contribution in [0.15, 0.2) is 47.7 Å². The van der Waals surface area contributed by atoms with Crippen LogP contribution < -0.4 is 15.5 Å². The number of aromatic nitrogens is 2. The number of rotatable bonds is 7. The zero-order valence-electron chi connectivity index (χ0n) is 16.6. The lowest BCUT2D eigenvalue weighted by atomic mass is 10.0. The van der Waals surface area contributed by atoms with E-state index in [1.165, 1.54) is 5.69 Å². The summed E-state index contributed by atoms with van der Waals surface area (Å²) < 4.78 is 2.20. The molecular formula is C21H32N6. The van der Waals surface area contributed by atoms with E-state index in [9.17, 15) is 0 Å². The highest BCUT2D eigenvalue weighted by Gasteiger charge is 2.19. The lowest BCUT2D eigenvalue weighted by Crippen LogP contribution is -2.48. The van der Waals surface area contributed by atoms with Gasteiger partial charge in [0.1, 0.15) is 5.82 Å². The van der Waals surface area contributed by atoms with E-state index in [-0.39, 0.29) is 0 Å². The van der Waals surface area contributed by atoms with Gasteiger partial charge in [0.05, 0.1) is 0 Å². The van der Waals surface area contributed by atoms with Crippen molar-refractivity contribution in [3.05, 3.63) is 48.5 Å². The van der Waals surface area contributed by atoms with Crippen LogP contribution in [0.5, 0.6) is 0 Å². The molecule has 1 saturated heterocycles. The summed E-state index contributed by atoms with van der Waals surface area (Å²) in [4.78, 5) is 11.1. The van der Waals surface area contributed by atoms with Gasteiger partial charge in [0.2, 0.25) is 0 Å². The summed E-state index contributed by atoms with van der Waals surface area (Å²) in [7, 11) is 1.85. The van der Waals surface area contributed by atoms with E-state index in [0.29, 0.717) is 6.04 Å². The van der Waals surface area contributed by atoms with Gasteiger partial charge in [0.15, 0.2) is 5.96 Å². The van der Waals surface area contributed by atoms with Gasteiger partial charge in [-0.2, -0.15) is 0 Å². The van der Waals surface area contributed by atoms with Crippen molar-refractivity contribution in [1.29, 1.82) is 0 Å². The van der Waals surface area contributed by atoms with E-state index in [1.807, 2.05) is 26.4 Å². The van der Waals surface area contributed by atoms with Gasteiger partial charge in [-0.05, 0) is 44.7 Å². The highest BCUT2D eigenvalue weighted by Crippen LogP contribution is 2.19. The Balaban J connectivity index is 1.33. The minimum Gasteiger partial charge on any atom is -0.371 e. The second-order valence-electron chi connectivity index (χ2n) is 7.12. The summed E-state index contributed by atoms with van der Waals surface area (Å²) in [5.41, 5.74) is 1.33. The normalized spacial score (nSPS) is 15.8. The van der Waals surface area contributed by atoms with Crippen LogP contribution in [0.3, 0.4) is 0 Å². The molecule has 0 unspecified atom stereocenters. The molecule has 3 rings (SSSR count). The van der Waals surface area contributed by atoms with E-state index in [2.05, 4.69) is 60.4 Å². The molecule has 1 fully saturated rings. The number of unbranched alkanes of at least 4 members (excludes halogenated alkanes) is 1. The minimum absolute atomic E-state index is 0.491. The lowest BCUT2D eigenvalue weighted by Gasteiger charge is -2.34. The second-order valence-corrected chi connectivity index (χ2v) is 7.12. The first-order valence-corrected chi connectivity index (χ1v) is 10.0. The summed E-state index contributed by atoms with van der Waals surface area (Å²) in [6.45, 7) is 6.19. The maximum absolute atomic E-state index is 4.39. The Morgan fingerprint density at radius 1 is 1.19 bits per heavy atom. The summed E-state index contributed by atoms with van der Waals surface area (Å²) in [6, 6.07) is 11.2. The van der Waals surface area contributed by atoms with E-state index >= 15 is 0 Å². The predicted octanol–water partition coefficient (Wildman–Crippen LogP) is 2.81. The SMILES string of the molecule is CN=C(NCCCCn1ccnc1C)NC1CCN(c2ccccc2)CC1. The maximum atomic E-state index is 4.39. The Kier molecular flexibility index (Phi) is 7.13. The summed E-state index contributed by atoms with van der Waals surface area (Å²) >= 11 is 0. The van der Waals surface area contributed by atoms with Gasteiger partial charge in [-0.15, -0.1) is 0 Å². The first kappa shape index (κ1) is 19.3. The lowest BCUT2D eigenvalue weighted by molar-refractivity contribution is 0.461. The Morgan fingerprint density at radius 3 is 2.63 bits per heavy atom. The Hall–Kier alpha value is -2.50. The van der Waals surface area contributed by atoms with Crippen LogP contribution in [0.2, 0.25) is 0 Å². The average molecular weight is 369 g/mol. The molecule has 2 heterocycles. The molecule has 1 aromatic carbocycles. The van der Waals surface area contributed by atoms with E-state index < -0.39 is 0 Å². The quantitative estimate of drug-likeness (QED) is 0.448. The van der Waals surface area contributed by atoms with E-state index in [4.69, 9.17) is 0 Å². The summed E-state index contributed by atoms with van der Waals surface area (Å²) in [6.07, 6.45) is 8.43. The average Bonchev–Trinajstić information content (AvgIpc) is 3.13. The second kappa shape index (κ2) is 10.00. The predicted molar refractivity (Wildman–Crippen MR) is 112 cm³/mol. The number of hydrogen-bond donors (Lipinski definition) is 2. The van der Waals surface area contributed by atoms with Gasteiger partial charge in [0, 0.05) is 57.3 Å². The molecule has 1 aliphatic rings. The number of nitrogens with zero attached hydrogens (tertiary/aromatic N) is 4. The van der Waals surface area contributed by atoms with Gasteiger partial charge in [-0.1, -0.05) is 18.2 Å². The number of aryl methyl sites for hydroxylation is 2. The number of hydrogen-bond acceptors (Lipinski definition) is 3. The van der Waals surface area contributed by atoms with Crippen LogP contribution in [0.4, 0.5) is 5.69 Å². The molecule has 0 aliphatic carbocycles. The Morgan fingerprint density at radius 2 is 1.96 bits per heavy atom. The molecule has 6 nitrogen and oxygen atoms in total. The number of anilines is 1. The first-order valence-electron chi connectivity index (χ1n) is 10.0. The van der Waals surface area contributed by atoms with Gasteiger partial charge in [-0.25, -0.2) is 4.98 Å². The third-order valence-electron chi connectivity index (χ3n) is 5.22. The van der Waals surface area contributed by atoms with Gasteiger partial charge < -0.3 is 20.1 Å². The molecule has 0 bridgehead atoms. The van der Waals surface area contributed by atoms with Gasteiger partial charge in [-0.3, -0.25) is 4.99 Å². The maximum Gasteiger partial charge on any atom is 0.191 e. The number of nitrogens with one attached hydrogen (secondary N) is 2. The van der Waals surface area contributed by atoms with Crippen molar-refractivity contribution in [2.75, 3.05) is 31.6 Å². The minimum atomic E-state index is 0.491. The molecular weight excluding hydrogens is 336 g/mol. The van der Waals surface area contributed by atoms with Crippen LogP contribution in [-0.4, -0.2) is 48.2 Å². The van der Waals surface area contributed by atoms with Crippen molar-refractivity contribution in [2.45, 2.75) is 45.2 Å². The van der Waals surface area contributed by atoms with Crippen LogP contribution in [0.1, 0.15) is 31.5 Å².